The molecule has 2 bridgehead atoms. The van der Waals surface area contributed by atoms with E-state index in [-0.39, 0.29) is 5.92 Å². The molecule has 0 amide bonds. The highest BCUT2D eigenvalue weighted by Crippen LogP contribution is 2.33. The van der Waals surface area contributed by atoms with Crippen molar-refractivity contribution in [2.75, 3.05) is 13.2 Å². The Hall–Kier alpha value is -2.04. The van der Waals surface area contributed by atoms with Crippen molar-refractivity contribution < 1.29 is 9.53 Å². The first-order chi connectivity index (χ1) is 12.3. The van der Waals surface area contributed by atoms with Gasteiger partial charge in [0.25, 0.3) is 0 Å². The van der Waals surface area contributed by atoms with Gasteiger partial charge in [-0.2, -0.15) is 0 Å². The van der Waals surface area contributed by atoms with E-state index in [4.69, 9.17) is 4.74 Å². The molecule has 1 aromatic heterocycles. The number of fused-ring (bicyclic) bond motifs is 2. The zero-order valence-corrected chi connectivity index (χ0v) is 14.4. The molecule has 2 aromatic rings. The second-order valence-corrected chi connectivity index (χ2v) is 7.14. The fourth-order valence-electron chi connectivity index (χ4n) is 4.13. The number of ketones is 1. The normalized spacial score (nSPS) is 26.3. The van der Waals surface area contributed by atoms with E-state index in [0.717, 1.165) is 38.3 Å². The van der Waals surface area contributed by atoms with E-state index in [1.165, 1.54) is 5.56 Å². The van der Waals surface area contributed by atoms with Crippen LogP contribution in [0, 0.1) is 5.92 Å². The van der Waals surface area contributed by atoms with Crippen LogP contribution in [-0.2, 0) is 22.5 Å². The summed E-state index contributed by atoms with van der Waals surface area (Å²) in [5.74, 6) is 0.461. The average molecular weight is 336 g/mol. The molecule has 2 fully saturated rings. The smallest absolute Gasteiger partial charge is 0.142 e. The fraction of sp³-hybridized carbons (Fsp3) is 0.429. The highest BCUT2D eigenvalue weighted by molar-refractivity contribution is 5.83. The number of piperidine rings is 1. The van der Waals surface area contributed by atoms with Crippen LogP contribution in [0.25, 0.3) is 0 Å². The van der Waals surface area contributed by atoms with Crippen LogP contribution >= 0.6 is 0 Å². The van der Waals surface area contributed by atoms with Gasteiger partial charge in [0.15, 0.2) is 0 Å². The van der Waals surface area contributed by atoms with E-state index >= 15 is 0 Å². The van der Waals surface area contributed by atoms with Gasteiger partial charge in [0.2, 0.25) is 0 Å². The molecule has 2 saturated heterocycles. The molecule has 0 saturated carbocycles. The Morgan fingerprint density at radius 1 is 1.04 bits per heavy atom. The van der Waals surface area contributed by atoms with Crippen LogP contribution in [0.1, 0.15) is 24.1 Å². The Balaban J connectivity index is 1.43. The largest absolute Gasteiger partial charge is 0.378 e. The number of nitrogens with zero attached hydrogens (tertiary/aromatic N) is 2. The lowest BCUT2D eigenvalue weighted by molar-refractivity contribution is -0.133. The second-order valence-electron chi connectivity index (χ2n) is 7.14. The van der Waals surface area contributed by atoms with Crippen molar-refractivity contribution in [2.45, 2.75) is 37.9 Å². The van der Waals surface area contributed by atoms with Crippen molar-refractivity contribution in [2.24, 2.45) is 5.92 Å². The van der Waals surface area contributed by atoms with Crippen LogP contribution in [0.15, 0.2) is 54.7 Å². The highest BCUT2D eigenvalue weighted by Gasteiger charge is 2.41. The van der Waals surface area contributed by atoms with Gasteiger partial charge in [-0.1, -0.05) is 36.4 Å². The number of Topliss-reactive ketones (excluding diaryl/α,β-unsaturated/α-hetero) is 1. The number of carbonyl (C=O) groups is 1. The average Bonchev–Trinajstić information content (AvgIpc) is 2.63. The summed E-state index contributed by atoms with van der Waals surface area (Å²) in [7, 11) is 0. The molecule has 130 valence electrons. The Morgan fingerprint density at radius 3 is 2.44 bits per heavy atom. The topological polar surface area (TPSA) is 42.4 Å². The van der Waals surface area contributed by atoms with Crippen LogP contribution in [0.2, 0.25) is 0 Å². The van der Waals surface area contributed by atoms with Gasteiger partial charge >= 0.3 is 0 Å². The third kappa shape index (κ3) is 3.80. The number of ether oxygens (including phenoxy) is 1. The van der Waals surface area contributed by atoms with Crippen LogP contribution < -0.4 is 0 Å². The summed E-state index contributed by atoms with van der Waals surface area (Å²) in [5, 5.41) is 0. The number of aromatic nitrogens is 1. The maximum absolute atomic E-state index is 12.8. The molecular weight excluding hydrogens is 312 g/mol. The number of pyridine rings is 1. The minimum Gasteiger partial charge on any atom is -0.378 e. The molecule has 0 spiro atoms. The minimum absolute atomic E-state index is 0.132. The van der Waals surface area contributed by atoms with Crippen LogP contribution in [0.3, 0.4) is 0 Å². The minimum atomic E-state index is 0.132. The number of morpholine rings is 1. The molecular formula is C21H24N2O2. The Morgan fingerprint density at radius 2 is 1.76 bits per heavy atom. The third-order valence-electron chi connectivity index (χ3n) is 5.42. The summed E-state index contributed by atoms with van der Waals surface area (Å²) in [4.78, 5) is 19.6. The predicted octanol–water partition coefficient (Wildman–Crippen LogP) is 2.87. The van der Waals surface area contributed by atoms with E-state index in [9.17, 15) is 4.79 Å². The van der Waals surface area contributed by atoms with Gasteiger partial charge < -0.3 is 4.74 Å². The first kappa shape index (κ1) is 16.4. The number of carbonyl (C=O) groups excluding carboxylic acids is 1. The molecule has 4 heteroatoms. The zero-order chi connectivity index (χ0) is 17.1. The van der Waals surface area contributed by atoms with Crippen molar-refractivity contribution in [3.8, 4) is 0 Å². The van der Waals surface area contributed by atoms with Crippen molar-refractivity contribution in [1.82, 2.24) is 9.88 Å². The molecule has 0 aliphatic carbocycles. The number of hydrogen-bond donors (Lipinski definition) is 0. The van der Waals surface area contributed by atoms with Gasteiger partial charge in [-0.05, 0) is 30.5 Å². The van der Waals surface area contributed by atoms with Crippen molar-refractivity contribution in [3.05, 3.63) is 66.0 Å². The number of benzene rings is 1. The lowest BCUT2D eigenvalue weighted by Crippen LogP contribution is -2.57. The van der Waals surface area contributed by atoms with Crippen LogP contribution in [0.4, 0.5) is 0 Å². The molecule has 4 rings (SSSR count). The quantitative estimate of drug-likeness (QED) is 0.842. The molecule has 4 nitrogen and oxygen atoms in total. The molecule has 3 heterocycles. The van der Waals surface area contributed by atoms with Gasteiger partial charge in [0.1, 0.15) is 5.78 Å². The van der Waals surface area contributed by atoms with E-state index in [2.05, 4.69) is 40.2 Å². The molecule has 0 radical (unpaired) electrons. The summed E-state index contributed by atoms with van der Waals surface area (Å²) in [6.07, 6.45) is 4.00. The summed E-state index contributed by atoms with van der Waals surface area (Å²) in [6, 6.07) is 17.0. The third-order valence-corrected chi connectivity index (χ3v) is 5.42. The van der Waals surface area contributed by atoms with E-state index in [0.29, 0.717) is 24.3 Å². The van der Waals surface area contributed by atoms with E-state index in [1.54, 1.807) is 6.20 Å². The monoisotopic (exact) mass is 336 g/mol. The van der Waals surface area contributed by atoms with E-state index in [1.807, 2.05) is 18.2 Å². The highest BCUT2D eigenvalue weighted by atomic mass is 16.5. The number of rotatable bonds is 5. The summed E-state index contributed by atoms with van der Waals surface area (Å²) >= 11 is 0. The molecule has 2 aliphatic heterocycles. The summed E-state index contributed by atoms with van der Waals surface area (Å²) in [6.45, 7) is 2.41. The lowest BCUT2D eigenvalue weighted by Gasteiger charge is -2.48. The molecule has 2 aliphatic rings. The first-order valence-electron chi connectivity index (χ1n) is 9.09. The van der Waals surface area contributed by atoms with Crippen molar-refractivity contribution in [3.63, 3.8) is 0 Å². The standard InChI is InChI=1S/C21H24N2O2/c24-21(12-18-8-4-5-9-22-18)17-10-19-14-25-15-20(11-17)23(19)13-16-6-2-1-3-7-16/h1-9,17,19-20H,10-15H2. The van der Waals surface area contributed by atoms with Gasteiger partial charge in [-0.25, -0.2) is 0 Å². The molecule has 1 aromatic carbocycles. The molecule has 2 unspecified atom stereocenters. The lowest BCUT2D eigenvalue weighted by atomic mass is 9.81. The van der Waals surface area contributed by atoms with Crippen LogP contribution in [-0.4, -0.2) is 41.0 Å². The van der Waals surface area contributed by atoms with E-state index < -0.39 is 0 Å². The number of hydrogen-bond acceptors (Lipinski definition) is 4. The summed E-state index contributed by atoms with van der Waals surface area (Å²) < 4.78 is 5.79. The van der Waals surface area contributed by atoms with Gasteiger partial charge in [-0.15, -0.1) is 0 Å². The van der Waals surface area contributed by atoms with Gasteiger partial charge in [-0.3, -0.25) is 14.7 Å². The fourth-order valence-corrected chi connectivity index (χ4v) is 4.13. The molecule has 25 heavy (non-hydrogen) atoms. The van der Waals surface area contributed by atoms with Gasteiger partial charge in [0.05, 0.1) is 13.2 Å². The summed E-state index contributed by atoms with van der Waals surface area (Å²) in [5.41, 5.74) is 2.21. The van der Waals surface area contributed by atoms with Crippen LogP contribution in [0.5, 0.6) is 0 Å². The second kappa shape index (κ2) is 7.46. The van der Waals surface area contributed by atoms with Crippen molar-refractivity contribution >= 4 is 5.78 Å². The van der Waals surface area contributed by atoms with Gasteiger partial charge in [0, 0.05) is 42.9 Å². The molecule has 2 atom stereocenters. The Kier molecular flexibility index (Phi) is 4.90. The maximum atomic E-state index is 12.8. The van der Waals surface area contributed by atoms with Crippen molar-refractivity contribution in [1.29, 1.82) is 0 Å². The zero-order valence-electron chi connectivity index (χ0n) is 14.4. The molecule has 0 N–H and O–H groups in total. The maximum Gasteiger partial charge on any atom is 0.142 e. The Labute approximate surface area is 148 Å². The first-order valence-corrected chi connectivity index (χ1v) is 9.09. The predicted molar refractivity (Wildman–Crippen MR) is 96.1 cm³/mol. The SMILES string of the molecule is O=C(Cc1ccccn1)C1CC2COCC(C1)N2Cc1ccccc1. The Bertz CT molecular complexity index is 690.